The molecule has 0 aromatic rings. The monoisotopic (exact) mass is 390 g/mol. The molecule has 0 saturated carbocycles. The van der Waals surface area contributed by atoms with E-state index in [0.717, 1.165) is 11.8 Å². The highest BCUT2D eigenvalue weighted by molar-refractivity contribution is 7.99. The number of thioether (sulfide) groups is 1. The maximum atomic E-state index is 12.2. The van der Waals surface area contributed by atoms with Crippen molar-refractivity contribution < 1.29 is 29.1 Å². The van der Waals surface area contributed by atoms with Gasteiger partial charge in [-0.25, -0.2) is 0 Å². The van der Waals surface area contributed by atoms with Crippen molar-refractivity contribution in [3.05, 3.63) is 0 Å². The number of aliphatic carboxylic acids is 1. The Labute approximate surface area is 156 Å². The zero-order valence-electron chi connectivity index (χ0n) is 15.3. The highest BCUT2D eigenvalue weighted by atomic mass is 32.2. The van der Waals surface area contributed by atoms with Gasteiger partial charge in [-0.05, 0) is 20.1 Å². The summed E-state index contributed by atoms with van der Waals surface area (Å²) in [4.78, 5) is 57.4. The van der Waals surface area contributed by atoms with Gasteiger partial charge in [0.15, 0.2) is 0 Å². The van der Waals surface area contributed by atoms with Crippen LogP contribution in [0.25, 0.3) is 0 Å². The fraction of sp³-hybridized carbons (Fsp3) is 0.667. The number of rotatable bonds is 11. The van der Waals surface area contributed by atoms with Gasteiger partial charge in [-0.2, -0.15) is 11.8 Å². The minimum atomic E-state index is -1.45. The predicted octanol–water partition coefficient (Wildman–Crippen LogP) is -1.56. The number of nitrogens with two attached hydrogens (primary N) is 1. The quantitative estimate of drug-likeness (QED) is 0.264. The summed E-state index contributed by atoms with van der Waals surface area (Å²) >= 11 is 1.06. The summed E-state index contributed by atoms with van der Waals surface area (Å²) in [5.74, 6) is -3.96. The smallest absolute Gasteiger partial charge is 0.305 e. The number of carbonyl (C=O) groups excluding carboxylic acids is 4. The zero-order chi connectivity index (χ0) is 20.5. The standard InChI is InChI=1S/C15H26N4O6S/c1-8(20)6-17-11(21)7-18-13(24)9(2)15(3,16)19-14(25)10(26-4)5-12(22)23/h9-10H,5-7,16H2,1-4H3,(H,17,21)(H,18,24)(H,19,25)(H,22,23). The maximum Gasteiger partial charge on any atom is 0.305 e. The number of carboxylic acid groups (broad SMARTS) is 1. The van der Waals surface area contributed by atoms with Gasteiger partial charge in [0.25, 0.3) is 0 Å². The van der Waals surface area contributed by atoms with Crippen molar-refractivity contribution in [2.75, 3.05) is 19.3 Å². The van der Waals surface area contributed by atoms with E-state index in [1.807, 2.05) is 0 Å². The van der Waals surface area contributed by atoms with Gasteiger partial charge in [0, 0.05) is 0 Å². The van der Waals surface area contributed by atoms with Crippen LogP contribution in [0.15, 0.2) is 0 Å². The molecule has 0 aliphatic rings. The van der Waals surface area contributed by atoms with Crippen LogP contribution in [-0.4, -0.2) is 64.8 Å². The van der Waals surface area contributed by atoms with Crippen LogP contribution in [0, 0.1) is 5.92 Å². The second kappa shape index (κ2) is 10.8. The molecule has 0 bridgehead atoms. The minimum Gasteiger partial charge on any atom is -0.481 e. The molecule has 3 atom stereocenters. The van der Waals surface area contributed by atoms with Gasteiger partial charge in [0.05, 0.1) is 36.3 Å². The average molecular weight is 390 g/mol. The Balaban J connectivity index is 4.68. The third kappa shape index (κ3) is 8.81. The molecular formula is C15H26N4O6S. The molecule has 0 aliphatic heterocycles. The van der Waals surface area contributed by atoms with E-state index in [1.54, 1.807) is 6.26 Å². The predicted molar refractivity (Wildman–Crippen MR) is 96.2 cm³/mol. The van der Waals surface area contributed by atoms with Gasteiger partial charge in [-0.15, -0.1) is 0 Å². The molecule has 0 aliphatic carbocycles. The highest BCUT2D eigenvalue weighted by Gasteiger charge is 2.35. The number of amides is 3. The number of hydrogen-bond acceptors (Lipinski definition) is 7. The van der Waals surface area contributed by atoms with Crippen LogP contribution in [0.2, 0.25) is 0 Å². The summed E-state index contributed by atoms with van der Waals surface area (Å²) in [7, 11) is 0. The van der Waals surface area contributed by atoms with Gasteiger partial charge in [-0.1, -0.05) is 6.92 Å². The lowest BCUT2D eigenvalue weighted by molar-refractivity contribution is -0.139. The Morgan fingerprint density at radius 2 is 1.69 bits per heavy atom. The van der Waals surface area contributed by atoms with E-state index in [-0.39, 0.29) is 25.3 Å². The topological polar surface area (TPSA) is 168 Å². The second-order valence-electron chi connectivity index (χ2n) is 6.01. The first-order chi connectivity index (χ1) is 11.9. The molecule has 3 unspecified atom stereocenters. The first kappa shape index (κ1) is 23.9. The van der Waals surface area contributed by atoms with Gasteiger partial charge in [-0.3, -0.25) is 24.0 Å². The average Bonchev–Trinajstić information content (AvgIpc) is 2.53. The summed E-state index contributed by atoms with van der Waals surface area (Å²) in [5.41, 5.74) is 4.54. The summed E-state index contributed by atoms with van der Waals surface area (Å²) in [6.07, 6.45) is 1.22. The number of Topliss-reactive ketones (excluding diaryl/α,β-unsaturated/α-hetero) is 1. The summed E-state index contributed by atoms with van der Waals surface area (Å²) < 4.78 is 0. The number of carboxylic acids is 1. The molecule has 6 N–H and O–H groups in total. The molecule has 11 heteroatoms. The summed E-state index contributed by atoms with van der Waals surface area (Å²) in [5, 5.41) is 15.1. The molecule has 0 saturated heterocycles. The number of carbonyl (C=O) groups is 5. The van der Waals surface area contributed by atoms with Crippen molar-refractivity contribution in [3.63, 3.8) is 0 Å². The molecule has 0 aromatic heterocycles. The Hall–Kier alpha value is -2.14. The fourth-order valence-corrected chi connectivity index (χ4v) is 2.36. The van der Waals surface area contributed by atoms with Crippen LogP contribution in [0.4, 0.5) is 0 Å². The summed E-state index contributed by atoms with van der Waals surface area (Å²) in [6.45, 7) is 3.73. The molecule has 0 rings (SSSR count). The number of nitrogens with one attached hydrogen (secondary N) is 3. The van der Waals surface area contributed by atoms with E-state index < -0.39 is 40.5 Å². The van der Waals surface area contributed by atoms with E-state index in [9.17, 15) is 24.0 Å². The second-order valence-corrected chi connectivity index (χ2v) is 7.05. The van der Waals surface area contributed by atoms with Crippen molar-refractivity contribution >= 4 is 41.2 Å². The number of ketones is 1. The Morgan fingerprint density at radius 1 is 1.12 bits per heavy atom. The molecule has 0 spiro atoms. The third-order valence-electron chi connectivity index (χ3n) is 3.58. The van der Waals surface area contributed by atoms with Crippen molar-refractivity contribution in [2.24, 2.45) is 11.7 Å². The van der Waals surface area contributed by atoms with E-state index in [4.69, 9.17) is 10.8 Å². The lowest BCUT2D eigenvalue weighted by Crippen LogP contribution is -2.62. The molecule has 0 aromatic carbocycles. The SMILES string of the molecule is CSC(CC(=O)O)C(=O)NC(C)(N)C(C)C(=O)NCC(=O)NCC(C)=O. The van der Waals surface area contributed by atoms with Crippen LogP contribution < -0.4 is 21.7 Å². The van der Waals surface area contributed by atoms with Crippen LogP contribution in [-0.2, 0) is 24.0 Å². The van der Waals surface area contributed by atoms with E-state index in [1.165, 1.54) is 20.8 Å². The molecule has 26 heavy (non-hydrogen) atoms. The molecule has 3 amide bonds. The van der Waals surface area contributed by atoms with Gasteiger partial charge >= 0.3 is 5.97 Å². The van der Waals surface area contributed by atoms with E-state index >= 15 is 0 Å². The Bertz CT molecular complexity index is 566. The third-order valence-corrected chi connectivity index (χ3v) is 4.53. The van der Waals surface area contributed by atoms with Crippen molar-refractivity contribution in [2.45, 2.75) is 38.1 Å². The Kier molecular flexibility index (Phi) is 9.88. The van der Waals surface area contributed by atoms with Crippen LogP contribution in [0.3, 0.4) is 0 Å². The van der Waals surface area contributed by atoms with Crippen molar-refractivity contribution in [1.82, 2.24) is 16.0 Å². The molecule has 0 heterocycles. The normalized spacial score (nSPS) is 15.1. The lowest BCUT2D eigenvalue weighted by atomic mass is 9.95. The molecular weight excluding hydrogens is 364 g/mol. The first-order valence-electron chi connectivity index (χ1n) is 7.80. The van der Waals surface area contributed by atoms with Gasteiger partial charge in [0.1, 0.15) is 5.78 Å². The van der Waals surface area contributed by atoms with Gasteiger partial charge < -0.3 is 26.8 Å². The molecule has 0 radical (unpaired) electrons. The first-order valence-corrected chi connectivity index (χ1v) is 9.08. The fourth-order valence-electron chi connectivity index (χ4n) is 1.77. The van der Waals surface area contributed by atoms with Crippen LogP contribution in [0.5, 0.6) is 0 Å². The minimum absolute atomic E-state index is 0.130. The molecule has 148 valence electrons. The van der Waals surface area contributed by atoms with Gasteiger partial charge in [0.2, 0.25) is 17.7 Å². The van der Waals surface area contributed by atoms with Crippen molar-refractivity contribution in [3.8, 4) is 0 Å². The molecule has 0 fully saturated rings. The van der Waals surface area contributed by atoms with E-state index in [2.05, 4.69) is 16.0 Å². The largest absolute Gasteiger partial charge is 0.481 e. The zero-order valence-corrected chi connectivity index (χ0v) is 16.1. The lowest BCUT2D eigenvalue weighted by Gasteiger charge is -2.32. The maximum absolute atomic E-state index is 12.2. The van der Waals surface area contributed by atoms with Crippen LogP contribution in [0.1, 0.15) is 27.2 Å². The van der Waals surface area contributed by atoms with Crippen LogP contribution >= 0.6 is 11.8 Å². The van der Waals surface area contributed by atoms with E-state index in [0.29, 0.717) is 0 Å². The Morgan fingerprint density at radius 3 is 2.15 bits per heavy atom. The highest BCUT2D eigenvalue weighted by Crippen LogP contribution is 2.16. The number of hydrogen-bond donors (Lipinski definition) is 5. The summed E-state index contributed by atoms with van der Waals surface area (Å²) in [6, 6.07) is 0. The molecule has 10 nitrogen and oxygen atoms in total. The van der Waals surface area contributed by atoms with Crippen molar-refractivity contribution in [1.29, 1.82) is 0 Å².